The normalized spacial score (nSPS) is 21.8. The first kappa shape index (κ1) is 15.2. The van der Waals surface area contributed by atoms with Gasteiger partial charge in [-0.15, -0.1) is 0 Å². The number of ether oxygens (including phenoxy) is 1. The molecule has 0 saturated heterocycles. The Hall–Kier alpha value is -1.85. The van der Waals surface area contributed by atoms with Crippen LogP contribution in [-0.4, -0.2) is 23.3 Å². The van der Waals surface area contributed by atoms with Crippen LogP contribution < -0.4 is 11.2 Å². The van der Waals surface area contributed by atoms with Crippen molar-refractivity contribution in [3.05, 3.63) is 11.6 Å². The smallest absolute Gasteiger partial charge is 0.332 e. The summed E-state index contributed by atoms with van der Waals surface area (Å²) in [5, 5.41) is 3.99. The number of esters is 1. The van der Waals surface area contributed by atoms with Gasteiger partial charge in [-0.3, -0.25) is 4.79 Å². The third kappa shape index (κ3) is 4.39. The first-order chi connectivity index (χ1) is 8.72. The van der Waals surface area contributed by atoms with Crippen molar-refractivity contribution in [2.24, 2.45) is 16.8 Å². The van der Waals surface area contributed by atoms with E-state index in [1.54, 1.807) is 0 Å². The van der Waals surface area contributed by atoms with Crippen LogP contribution in [0.2, 0.25) is 0 Å². The van der Waals surface area contributed by atoms with Gasteiger partial charge in [0.05, 0.1) is 5.71 Å². The Morgan fingerprint density at radius 2 is 2.16 bits per heavy atom. The van der Waals surface area contributed by atoms with Crippen molar-refractivity contribution < 1.29 is 14.3 Å². The summed E-state index contributed by atoms with van der Waals surface area (Å²) in [6.45, 7) is 7.09. The van der Waals surface area contributed by atoms with E-state index in [0.717, 1.165) is 17.7 Å². The number of nitrogens with zero attached hydrogens (tertiary/aromatic N) is 1. The van der Waals surface area contributed by atoms with Crippen molar-refractivity contribution in [2.75, 3.05) is 0 Å². The number of nitrogens with two attached hydrogens (primary N) is 1. The van der Waals surface area contributed by atoms with Gasteiger partial charge >= 0.3 is 12.0 Å². The molecule has 1 atom stereocenters. The topological polar surface area (TPSA) is 93.8 Å². The Balaban J connectivity index is 2.84. The molecule has 0 aromatic rings. The maximum atomic E-state index is 11.1. The quantitative estimate of drug-likeness (QED) is 0.602. The average Bonchev–Trinajstić information content (AvgIpc) is 2.25. The van der Waals surface area contributed by atoms with E-state index in [1.165, 1.54) is 6.92 Å². The maximum Gasteiger partial charge on any atom is 0.332 e. The largest absolute Gasteiger partial charge is 0.460 e. The van der Waals surface area contributed by atoms with E-state index in [2.05, 4.69) is 10.5 Å². The third-order valence-electron chi connectivity index (χ3n) is 3.29. The highest BCUT2D eigenvalue weighted by Crippen LogP contribution is 2.33. The van der Waals surface area contributed by atoms with Gasteiger partial charge in [-0.05, 0) is 39.2 Å². The molecule has 0 spiro atoms. The van der Waals surface area contributed by atoms with Crippen molar-refractivity contribution in [3.63, 3.8) is 0 Å². The monoisotopic (exact) mass is 267 g/mol. The van der Waals surface area contributed by atoms with Crippen LogP contribution in [0.15, 0.2) is 16.8 Å². The van der Waals surface area contributed by atoms with Crippen LogP contribution in [0.5, 0.6) is 0 Å². The van der Waals surface area contributed by atoms with Crippen LogP contribution in [0.4, 0.5) is 4.79 Å². The van der Waals surface area contributed by atoms with E-state index in [4.69, 9.17) is 10.5 Å². The zero-order valence-corrected chi connectivity index (χ0v) is 11.8. The minimum atomic E-state index is -0.693. The van der Waals surface area contributed by atoms with Crippen molar-refractivity contribution in [1.82, 2.24) is 5.43 Å². The lowest BCUT2D eigenvalue weighted by Gasteiger charge is -2.35. The molecule has 0 bridgehead atoms. The van der Waals surface area contributed by atoms with Gasteiger partial charge in [-0.2, -0.15) is 5.10 Å². The Kier molecular flexibility index (Phi) is 4.69. The van der Waals surface area contributed by atoms with Gasteiger partial charge in [0.1, 0.15) is 5.60 Å². The summed E-state index contributed by atoms with van der Waals surface area (Å²) in [5.74, 6) is -0.182. The van der Waals surface area contributed by atoms with Crippen LogP contribution in [-0.2, 0) is 9.53 Å². The Labute approximate surface area is 113 Å². The van der Waals surface area contributed by atoms with Crippen molar-refractivity contribution in [2.45, 2.75) is 46.1 Å². The highest BCUT2D eigenvalue weighted by molar-refractivity contribution is 6.01. The summed E-state index contributed by atoms with van der Waals surface area (Å²) >= 11 is 0. The molecule has 6 nitrogen and oxygen atoms in total. The molecule has 0 aromatic heterocycles. The predicted octanol–water partition coefficient (Wildman–Crippen LogP) is 1.71. The fourth-order valence-corrected chi connectivity index (χ4v) is 2.15. The van der Waals surface area contributed by atoms with Gasteiger partial charge in [0.15, 0.2) is 0 Å². The summed E-state index contributed by atoms with van der Waals surface area (Å²) in [6.07, 6.45) is 3.46. The molecule has 0 heterocycles. The first-order valence-corrected chi connectivity index (χ1v) is 6.21. The number of hydrogen-bond acceptors (Lipinski definition) is 4. The summed E-state index contributed by atoms with van der Waals surface area (Å²) in [4.78, 5) is 21.8. The first-order valence-electron chi connectivity index (χ1n) is 6.21. The standard InChI is InChI=1S/C13H21N3O3/c1-8-5-6-10(13(3,4)19-9(2)17)7-11(8)15-16-12(14)18/h5,10H,6-7H2,1-4H3,(H3,14,16,18)/b15-11-. The minimum Gasteiger partial charge on any atom is -0.460 e. The number of hydrogen-bond donors (Lipinski definition) is 2. The summed E-state index contributed by atoms with van der Waals surface area (Å²) < 4.78 is 5.35. The molecule has 2 amide bonds. The number of carbonyl (C=O) groups excluding carboxylic acids is 2. The van der Waals surface area contributed by atoms with Crippen molar-refractivity contribution in [3.8, 4) is 0 Å². The molecular formula is C13H21N3O3. The Morgan fingerprint density at radius 3 is 2.68 bits per heavy atom. The number of hydrazone groups is 1. The fourth-order valence-electron chi connectivity index (χ4n) is 2.15. The molecule has 3 N–H and O–H groups in total. The molecule has 1 rings (SSSR count). The second-order valence-electron chi connectivity index (χ2n) is 5.26. The number of rotatable bonds is 3. The van der Waals surface area contributed by atoms with Crippen molar-refractivity contribution in [1.29, 1.82) is 0 Å². The minimum absolute atomic E-state index is 0.119. The van der Waals surface area contributed by atoms with E-state index >= 15 is 0 Å². The summed E-state index contributed by atoms with van der Waals surface area (Å²) in [6, 6.07) is -0.693. The number of nitrogens with one attached hydrogen (secondary N) is 1. The molecule has 0 saturated carbocycles. The second-order valence-corrected chi connectivity index (χ2v) is 5.26. The van der Waals surface area contributed by atoms with Crippen molar-refractivity contribution >= 4 is 17.7 Å². The highest BCUT2D eigenvalue weighted by Gasteiger charge is 2.35. The van der Waals surface area contributed by atoms with Crippen LogP contribution in [0, 0.1) is 5.92 Å². The Morgan fingerprint density at radius 1 is 1.53 bits per heavy atom. The predicted molar refractivity (Wildman–Crippen MR) is 72.5 cm³/mol. The SMILES string of the molecule is CC(=O)OC(C)(C)C1CC=C(C)/C(=N\NC(N)=O)C1. The summed E-state index contributed by atoms with van der Waals surface area (Å²) in [5.41, 5.74) is 8.42. The van der Waals surface area contributed by atoms with Gasteiger partial charge in [0.25, 0.3) is 0 Å². The van der Waals surface area contributed by atoms with Gasteiger partial charge in [0.2, 0.25) is 0 Å². The van der Waals surface area contributed by atoms with Crippen LogP contribution in [0.25, 0.3) is 0 Å². The summed E-state index contributed by atoms with van der Waals surface area (Å²) in [7, 11) is 0. The molecule has 19 heavy (non-hydrogen) atoms. The van der Waals surface area contributed by atoms with Crippen LogP contribution >= 0.6 is 0 Å². The molecule has 6 heteroatoms. The molecule has 0 aliphatic heterocycles. The number of urea groups is 1. The Bertz CT molecular complexity index is 438. The van der Waals surface area contributed by atoms with E-state index in [1.807, 2.05) is 26.8 Å². The van der Waals surface area contributed by atoms with Gasteiger partial charge in [-0.1, -0.05) is 6.08 Å². The molecule has 1 aliphatic rings. The average molecular weight is 267 g/mol. The van der Waals surface area contributed by atoms with E-state index in [0.29, 0.717) is 6.42 Å². The molecule has 0 aromatic carbocycles. The zero-order valence-electron chi connectivity index (χ0n) is 11.8. The molecule has 0 fully saturated rings. The fraction of sp³-hybridized carbons (Fsp3) is 0.615. The van der Waals surface area contributed by atoms with E-state index in [-0.39, 0.29) is 11.9 Å². The lowest BCUT2D eigenvalue weighted by molar-refractivity contribution is -0.158. The number of amides is 2. The molecule has 1 aliphatic carbocycles. The zero-order chi connectivity index (χ0) is 14.6. The molecule has 0 radical (unpaired) electrons. The highest BCUT2D eigenvalue weighted by atomic mass is 16.6. The third-order valence-corrected chi connectivity index (χ3v) is 3.29. The molecule has 106 valence electrons. The maximum absolute atomic E-state index is 11.1. The van der Waals surface area contributed by atoms with Gasteiger partial charge in [0, 0.05) is 12.8 Å². The van der Waals surface area contributed by atoms with E-state index < -0.39 is 11.6 Å². The van der Waals surface area contributed by atoms with Crippen LogP contribution in [0.3, 0.4) is 0 Å². The lowest BCUT2D eigenvalue weighted by Crippen LogP contribution is -2.39. The second kappa shape index (κ2) is 5.86. The molecule has 1 unspecified atom stereocenters. The number of primary amides is 1. The van der Waals surface area contributed by atoms with Gasteiger partial charge in [-0.25, -0.2) is 10.2 Å². The number of carbonyl (C=O) groups is 2. The lowest BCUT2D eigenvalue weighted by atomic mass is 9.78. The van der Waals surface area contributed by atoms with Gasteiger partial charge < -0.3 is 10.5 Å². The molecular weight excluding hydrogens is 246 g/mol. The van der Waals surface area contributed by atoms with Crippen LogP contribution in [0.1, 0.15) is 40.5 Å². The number of allylic oxidation sites excluding steroid dienone is 2. The van der Waals surface area contributed by atoms with E-state index in [9.17, 15) is 9.59 Å².